The van der Waals surface area contributed by atoms with Crippen molar-refractivity contribution < 1.29 is 37.4 Å². The van der Waals surface area contributed by atoms with Gasteiger partial charge in [0.25, 0.3) is 0 Å². The molecule has 3 saturated heterocycles. The average molecular weight is 755 g/mol. The Morgan fingerprint density at radius 3 is 1.32 bits per heavy atom. The lowest BCUT2D eigenvalue weighted by molar-refractivity contribution is 0.00578. The van der Waals surface area contributed by atoms with Crippen LogP contribution in [-0.2, 0) is 27.9 Å². The third-order valence-corrected chi connectivity index (χ3v) is 11.4. The summed E-state index contributed by atoms with van der Waals surface area (Å²) in [5, 5.41) is 15.9. The van der Waals surface area contributed by atoms with E-state index >= 15 is 0 Å². The number of halogens is 1. The molecule has 0 radical (unpaired) electrons. The first kappa shape index (κ1) is 38.6. The minimum atomic E-state index is -0.476. The van der Waals surface area contributed by atoms with Gasteiger partial charge >= 0.3 is 21.1 Å². The van der Waals surface area contributed by atoms with Gasteiger partial charge in [-0.25, -0.2) is 0 Å². The molecule has 0 unspecified atom stereocenters. The van der Waals surface area contributed by atoms with Crippen LogP contribution in [0.25, 0.3) is 21.8 Å². The van der Waals surface area contributed by atoms with E-state index in [4.69, 9.17) is 37.4 Å². The maximum Gasteiger partial charge on any atom is 0.497 e. The van der Waals surface area contributed by atoms with Crippen molar-refractivity contribution >= 4 is 64.3 Å². The number of fused-ring (bicyclic) bond motifs is 2. The predicted octanol–water partition coefficient (Wildman–Crippen LogP) is 6.45. The number of aromatic amines is 2. The van der Waals surface area contributed by atoms with Crippen LogP contribution in [0.3, 0.4) is 0 Å². The summed E-state index contributed by atoms with van der Waals surface area (Å²) in [6.07, 6.45) is 3.54. The molecule has 4 aromatic rings. The smallest absolute Gasteiger partial charge is 0.497 e. The van der Waals surface area contributed by atoms with E-state index < -0.39 is 21.1 Å². The van der Waals surface area contributed by atoms with E-state index in [1.54, 1.807) is 26.6 Å². The Hall–Kier alpha value is -2.59. The van der Waals surface area contributed by atoms with Crippen molar-refractivity contribution in [1.82, 2.24) is 20.4 Å². The zero-order valence-electron chi connectivity index (χ0n) is 31.7. The Morgan fingerprint density at radius 2 is 0.900 bits per heavy atom. The summed E-state index contributed by atoms with van der Waals surface area (Å²) >= 11 is 3.42. The fourth-order valence-electron chi connectivity index (χ4n) is 5.44. The molecule has 50 heavy (non-hydrogen) atoms. The summed E-state index contributed by atoms with van der Waals surface area (Å²) in [4.78, 5) is 0. The zero-order chi connectivity index (χ0) is 37.1. The number of rotatable bonds is 4. The Morgan fingerprint density at radius 1 is 0.540 bits per heavy atom. The highest BCUT2D eigenvalue weighted by atomic mass is 79.9. The van der Waals surface area contributed by atoms with E-state index in [2.05, 4.69) is 36.3 Å². The molecule has 0 atom stereocenters. The highest BCUT2D eigenvalue weighted by molar-refractivity contribution is 9.10. The second-order valence-corrected chi connectivity index (χ2v) is 16.7. The summed E-state index contributed by atoms with van der Waals surface area (Å²) in [5.74, 6) is 1.60. The molecular formula is C34H50B3BrN4O8. The second-order valence-electron chi connectivity index (χ2n) is 15.8. The molecule has 3 aliphatic rings. The van der Waals surface area contributed by atoms with Crippen LogP contribution in [0, 0.1) is 0 Å². The number of benzene rings is 2. The molecule has 3 aliphatic heterocycles. The molecule has 270 valence electrons. The third kappa shape index (κ3) is 7.35. The summed E-state index contributed by atoms with van der Waals surface area (Å²) in [7, 11) is 1.91. The van der Waals surface area contributed by atoms with Gasteiger partial charge in [-0.15, -0.1) is 0 Å². The van der Waals surface area contributed by atoms with Gasteiger partial charge in [0.2, 0.25) is 0 Å². The first-order valence-electron chi connectivity index (χ1n) is 16.8. The number of hydrogen-bond donors (Lipinski definition) is 2. The van der Waals surface area contributed by atoms with Gasteiger partial charge in [0, 0.05) is 20.7 Å². The van der Waals surface area contributed by atoms with Gasteiger partial charge in [0.15, 0.2) is 0 Å². The second kappa shape index (κ2) is 13.4. The first-order chi connectivity index (χ1) is 23.0. The minimum Gasteiger partial charge on any atom is -0.497 e. The van der Waals surface area contributed by atoms with E-state index in [0.29, 0.717) is 0 Å². The number of ether oxygens (including phenoxy) is 2. The van der Waals surface area contributed by atoms with Crippen molar-refractivity contribution in [2.24, 2.45) is 0 Å². The van der Waals surface area contributed by atoms with Gasteiger partial charge < -0.3 is 37.4 Å². The molecule has 5 heterocycles. The SMILES string of the molecule is CC1(C)OB(B2OC(C)(C)C(C)(C)O2)OC1(C)C.COc1cc(B2OC(C)(C)C(C)(C)O2)c2[nH]ncc2c1.COc1cc(Br)c2[nH]ncc2c1. The van der Waals surface area contributed by atoms with Gasteiger partial charge in [0.1, 0.15) is 11.5 Å². The summed E-state index contributed by atoms with van der Waals surface area (Å²) in [6.45, 7) is 24.4. The van der Waals surface area contributed by atoms with E-state index in [0.717, 1.165) is 43.2 Å². The maximum absolute atomic E-state index is 6.10. The third-order valence-electron chi connectivity index (χ3n) is 10.8. The lowest BCUT2D eigenvalue weighted by Gasteiger charge is -2.32. The first-order valence-corrected chi connectivity index (χ1v) is 17.6. The monoisotopic (exact) mass is 754 g/mol. The molecular weight excluding hydrogens is 705 g/mol. The Balaban J connectivity index is 0.000000150. The molecule has 0 amide bonds. The molecule has 0 spiro atoms. The predicted molar refractivity (Wildman–Crippen MR) is 201 cm³/mol. The van der Waals surface area contributed by atoms with Gasteiger partial charge in [0.05, 0.1) is 71.3 Å². The van der Waals surface area contributed by atoms with Gasteiger partial charge in [-0.3, -0.25) is 10.2 Å². The van der Waals surface area contributed by atoms with Crippen LogP contribution in [-0.4, -0.2) is 89.4 Å². The van der Waals surface area contributed by atoms with Crippen molar-refractivity contribution in [2.75, 3.05) is 14.2 Å². The van der Waals surface area contributed by atoms with Crippen LogP contribution in [0.5, 0.6) is 11.5 Å². The number of nitrogens with one attached hydrogen (secondary N) is 2. The normalized spacial score (nSPS) is 22.3. The van der Waals surface area contributed by atoms with E-state index in [9.17, 15) is 0 Å². The molecule has 3 fully saturated rings. The lowest BCUT2D eigenvalue weighted by atomic mass is 9.49. The number of nitrogens with zero attached hydrogens (tertiary/aromatic N) is 2. The Kier molecular flexibility index (Phi) is 10.4. The van der Waals surface area contributed by atoms with E-state index in [-0.39, 0.29) is 33.6 Å². The van der Waals surface area contributed by atoms with Crippen LogP contribution < -0.4 is 14.9 Å². The van der Waals surface area contributed by atoms with Crippen LogP contribution in [0.1, 0.15) is 83.1 Å². The Labute approximate surface area is 304 Å². The number of methoxy groups -OCH3 is 2. The molecule has 0 saturated carbocycles. The minimum absolute atomic E-state index is 0.360. The lowest BCUT2D eigenvalue weighted by Crippen LogP contribution is -2.41. The quantitative estimate of drug-likeness (QED) is 0.224. The van der Waals surface area contributed by atoms with Gasteiger partial charge in [-0.05, 0) is 123 Å². The molecule has 7 rings (SSSR count). The standard InChI is InChI=1S/C14H19BN2O3.C12H24B2O4.C8H7BrN2O/c1-13(2)14(3,4)20-15(19-13)11-7-10(18-5)6-9-8-16-17-12(9)11;1-9(2)10(3,4)16-13(15-9)14-17-11(5,6)12(7,8)18-14;1-12-6-2-5-4-10-11-8(5)7(9)3-6/h6-8H,1-5H3,(H,16,17);1-8H3;2-4H,1H3,(H,10,11). The molecule has 2 N–H and O–H groups in total. The Bertz CT molecular complexity index is 1740. The topological polar surface area (TPSA) is 131 Å². The van der Waals surface area contributed by atoms with Crippen LogP contribution >= 0.6 is 15.9 Å². The average Bonchev–Trinajstić information content (AvgIpc) is 3.79. The van der Waals surface area contributed by atoms with E-state index in [1.165, 1.54) is 0 Å². The van der Waals surface area contributed by atoms with Crippen LogP contribution in [0.2, 0.25) is 0 Å². The largest absolute Gasteiger partial charge is 0.497 e. The summed E-state index contributed by atoms with van der Waals surface area (Å²) < 4.78 is 47.5. The number of hydrogen-bond acceptors (Lipinski definition) is 10. The van der Waals surface area contributed by atoms with Crippen molar-refractivity contribution in [2.45, 2.75) is 117 Å². The molecule has 12 nitrogen and oxygen atoms in total. The maximum atomic E-state index is 6.10. The van der Waals surface area contributed by atoms with Gasteiger partial charge in [-0.2, -0.15) is 10.2 Å². The summed E-state index contributed by atoms with van der Waals surface area (Å²) in [6, 6.07) is 7.71. The molecule has 2 aromatic heterocycles. The van der Waals surface area contributed by atoms with Crippen molar-refractivity contribution in [1.29, 1.82) is 0 Å². The highest BCUT2D eigenvalue weighted by Gasteiger charge is 2.63. The molecule has 2 aromatic carbocycles. The fraction of sp³-hybridized carbons (Fsp3) is 0.588. The van der Waals surface area contributed by atoms with Crippen molar-refractivity contribution in [3.05, 3.63) is 41.1 Å². The molecule has 16 heteroatoms. The van der Waals surface area contributed by atoms with Gasteiger partial charge in [-0.1, -0.05) is 0 Å². The van der Waals surface area contributed by atoms with Crippen molar-refractivity contribution in [3.8, 4) is 11.5 Å². The van der Waals surface area contributed by atoms with Crippen LogP contribution in [0.15, 0.2) is 41.1 Å². The fourth-order valence-corrected chi connectivity index (χ4v) is 5.98. The van der Waals surface area contributed by atoms with Crippen LogP contribution in [0.4, 0.5) is 0 Å². The number of H-pyrrole nitrogens is 2. The van der Waals surface area contributed by atoms with Crippen molar-refractivity contribution in [3.63, 3.8) is 0 Å². The summed E-state index contributed by atoms with van der Waals surface area (Å²) in [5.41, 5.74) is 0.654. The molecule has 0 bridgehead atoms. The number of aromatic nitrogens is 4. The molecule has 0 aliphatic carbocycles. The highest BCUT2D eigenvalue weighted by Crippen LogP contribution is 2.43. The zero-order valence-corrected chi connectivity index (χ0v) is 33.3. The van der Waals surface area contributed by atoms with E-state index in [1.807, 2.05) is 107 Å².